The number of hydrogen-bond donors (Lipinski definition) is 0. The third-order valence-corrected chi connectivity index (χ3v) is 5.53. The van der Waals surface area contributed by atoms with Crippen molar-refractivity contribution in [2.24, 2.45) is 0 Å². The van der Waals surface area contributed by atoms with Crippen molar-refractivity contribution in [1.82, 2.24) is 4.98 Å². The van der Waals surface area contributed by atoms with Gasteiger partial charge in [0.25, 0.3) is 0 Å². The fourth-order valence-corrected chi connectivity index (χ4v) is 3.10. The number of carbonyl (C=O) groups excluding carboxylic acids is 1. The molecule has 1 aromatic carbocycles. The van der Waals surface area contributed by atoms with Crippen LogP contribution in [0.15, 0.2) is 53.6 Å². The summed E-state index contributed by atoms with van der Waals surface area (Å²) in [5, 5.41) is -0.0601. The predicted molar refractivity (Wildman–Crippen MR) is 85.8 cm³/mol. The lowest BCUT2D eigenvalue weighted by molar-refractivity contribution is -0.111. The van der Waals surface area contributed by atoms with Crippen molar-refractivity contribution in [2.75, 3.05) is 0 Å². The Morgan fingerprint density at radius 2 is 1.84 bits per heavy atom. The van der Waals surface area contributed by atoms with Crippen LogP contribution in [-0.4, -0.2) is 10.1 Å². The van der Waals surface area contributed by atoms with Crippen molar-refractivity contribution < 1.29 is 4.79 Å². The summed E-state index contributed by atoms with van der Waals surface area (Å²) in [7, 11) is 0. The van der Waals surface area contributed by atoms with Gasteiger partial charge in [0.2, 0.25) is 5.12 Å². The van der Waals surface area contributed by atoms with E-state index in [9.17, 15) is 4.79 Å². The van der Waals surface area contributed by atoms with E-state index in [1.807, 2.05) is 43.3 Å². The summed E-state index contributed by atoms with van der Waals surface area (Å²) >= 11 is 8.00. The third-order valence-electron chi connectivity index (χ3n) is 2.47. The molecule has 0 saturated heterocycles. The minimum absolute atomic E-state index is 0.0601. The Hall–Kier alpha value is -0.650. The van der Waals surface area contributed by atoms with Crippen LogP contribution < -0.4 is 0 Å². The van der Waals surface area contributed by atoms with Gasteiger partial charge in [-0.25, -0.2) is 0 Å². The molecule has 0 aliphatic carbocycles. The van der Waals surface area contributed by atoms with Crippen LogP contribution in [0, 0.1) is 6.92 Å². The largest absolute Gasteiger partial charge is 0.284 e. The molecule has 0 fully saturated rings. The van der Waals surface area contributed by atoms with E-state index in [1.54, 1.807) is 12.3 Å². The van der Waals surface area contributed by atoms with E-state index >= 15 is 0 Å². The quantitative estimate of drug-likeness (QED) is 0.554. The Kier molecular flexibility index (Phi) is 4.81. The molecule has 0 bridgehead atoms. The van der Waals surface area contributed by atoms with Gasteiger partial charge < -0.3 is 0 Å². The number of rotatable bonds is 3. The standard InChI is InChI=1S/C14H11Br2NOS/c1-10-5-7-11(8-6-10)19-13(18)14(15,16)12-4-2-3-9-17-12/h2-9H,1H3. The van der Waals surface area contributed by atoms with Crippen LogP contribution in [0.2, 0.25) is 0 Å². The highest BCUT2D eigenvalue weighted by Crippen LogP contribution is 2.42. The van der Waals surface area contributed by atoms with Crippen LogP contribution in [0.1, 0.15) is 11.3 Å². The summed E-state index contributed by atoms with van der Waals surface area (Å²) in [4.78, 5) is 17.5. The number of hydrogen-bond acceptors (Lipinski definition) is 3. The molecule has 0 radical (unpaired) electrons. The predicted octanol–water partition coefficient (Wildman–Crippen LogP) is 4.65. The smallest absolute Gasteiger partial charge is 0.227 e. The topological polar surface area (TPSA) is 30.0 Å². The molecule has 0 spiro atoms. The number of pyridine rings is 1. The summed E-state index contributed by atoms with van der Waals surface area (Å²) in [6.45, 7) is 2.02. The van der Waals surface area contributed by atoms with Crippen LogP contribution in [0.3, 0.4) is 0 Å². The van der Waals surface area contributed by atoms with Crippen molar-refractivity contribution >= 4 is 48.7 Å². The zero-order chi connectivity index (χ0) is 13.9. The van der Waals surface area contributed by atoms with Crippen LogP contribution in [-0.2, 0) is 8.03 Å². The molecular formula is C14H11Br2NOS. The van der Waals surface area contributed by atoms with Gasteiger partial charge in [-0.15, -0.1) is 0 Å². The molecule has 0 amide bonds. The van der Waals surface area contributed by atoms with Gasteiger partial charge in [-0.1, -0.05) is 55.6 Å². The molecule has 0 saturated carbocycles. The number of benzene rings is 1. The molecule has 5 heteroatoms. The van der Waals surface area contributed by atoms with Gasteiger partial charge in [0, 0.05) is 11.1 Å². The number of thioether (sulfide) groups is 1. The lowest BCUT2D eigenvalue weighted by atomic mass is 10.2. The zero-order valence-corrected chi connectivity index (χ0v) is 14.1. The van der Waals surface area contributed by atoms with E-state index in [0.29, 0.717) is 5.69 Å². The van der Waals surface area contributed by atoms with Gasteiger partial charge >= 0.3 is 0 Å². The third kappa shape index (κ3) is 3.68. The number of aromatic nitrogens is 1. The molecule has 0 atom stereocenters. The Balaban J connectivity index is 2.17. The maximum Gasteiger partial charge on any atom is 0.227 e. The molecule has 1 aromatic heterocycles. The monoisotopic (exact) mass is 399 g/mol. The van der Waals surface area contributed by atoms with Gasteiger partial charge in [-0.3, -0.25) is 9.78 Å². The fourth-order valence-electron chi connectivity index (χ4n) is 1.43. The number of aryl methyl sites for hydroxylation is 1. The molecule has 2 aromatic rings. The normalized spacial score (nSPS) is 11.3. The minimum atomic E-state index is -0.961. The molecule has 2 nitrogen and oxygen atoms in total. The number of halogens is 2. The van der Waals surface area contributed by atoms with E-state index in [1.165, 1.54) is 17.3 Å². The molecule has 0 aliphatic rings. The van der Waals surface area contributed by atoms with E-state index < -0.39 is 3.23 Å². The summed E-state index contributed by atoms with van der Waals surface area (Å²) in [5.74, 6) is 0. The highest BCUT2D eigenvalue weighted by Gasteiger charge is 2.36. The van der Waals surface area contributed by atoms with Gasteiger partial charge in [-0.05, 0) is 43.0 Å². The highest BCUT2D eigenvalue weighted by molar-refractivity contribution is 9.25. The first-order valence-corrected chi connectivity index (χ1v) is 7.98. The Morgan fingerprint density at radius 1 is 1.16 bits per heavy atom. The second-order valence-electron chi connectivity index (χ2n) is 3.99. The molecule has 98 valence electrons. The Morgan fingerprint density at radius 3 is 2.42 bits per heavy atom. The second kappa shape index (κ2) is 6.20. The molecule has 1 heterocycles. The first-order valence-electron chi connectivity index (χ1n) is 5.58. The lowest BCUT2D eigenvalue weighted by Gasteiger charge is -2.17. The van der Waals surface area contributed by atoms with Gasteiger partial charge in [0.05, 0.1) is 5.69 Å². The van der Waals surface area contributed by atoms with E-state index in [-0.39, 0.29) is 5.12 Å². The van der Waals surface area contributed by atoms with Crippen LogP contribution in [0.25, 0.3) is 0 Å². The van der Waals surface area contributed by atoms with E-state index in [0.717, 1.165) is 4.90 Å². The van der Waals surface area contributed by atoms with Gasteiger partial charge in [0.1, 0.15) is 0 Å². The maximum atomic E-state index is 12.3. The summed E-state index contributed by atoms with van der Waals surface area (Å²) in [5.41, 5.74) is 1.81. The fraction of sp³-hybridized carbons (Fsp3) is 0.143. The van der Waals surface area contributed by atoms with Crippen LogP contribution >= 0.6 is 43.6 Å². The Bertz CT molecular complexity index is 570. The SMILES string of the molecule is Cc1ccc(SC(=O)C(Br)(Br)c2ccccn2)cc1. The van der Waals surface area contributed by atoms with Crippen molar-refractivity contribution in [1.29, 1.82) is 0 Å². The second-order valence-corrected chi connectivity index (χ2v) is 8.48. The highest BCUT2D eigenvalue weighted by atomic mass is 79.9. The molecule has 0 unspecified atom stereocenters. The van der Waals surface area contributed by atoms with Gasteiger partial charge in [-0.2, -0.15) is 0 Å². The number of carbonyl (C=O) groups is 1. The first kappa shape index (κ1) is 14.8. The Labute approximate surface area is 133 Å². The molecule has 2 rings (SSSR count). The van der Waals surface area contributed by atoms with Gasteiger partial charge in [0.15, 0.2) is 3.23 Å². The number of nitrogens with zero attached hydrogens (tertiary/aromatic N) is 1. The maximum absolute atomic E-state index is 12.3. The summed E-state index contributed by atoms with van der Waals surface area (Å²) in [6.07, 6.45) is 1.66. The zero-order valence-electron chi connectivity index (χ0n) is 10.1. The first-order chi connectivity index (χ1) is 9.00. The molecule has 19 heavy (non-hydrogen) atoms. The van der Waals surface area contributed by atoms with E-state index in [4.69, 9.17) is 0 Å². The average molecular weight is 401 g/mol. The summed E-state index contributed by atoms with van der Waals surface area (Å²) in [6, 6.07) is 13.3. The van der Waals surface area contributed by atoms with Crippen LogP contribution in [0.4, 0.5) is 0 Å². The van der Waals surface area contributed by atoms with Crippen molar-refractivity contribution in [3.8, 4) is 0 Å². The van der Waals surface area contributed by atoms with Crippen molar-refractivity contribution in [3.63, 3.8) is 0 Å². The average Bonchev–Trinajstić information content (AvgIpc) is 2.42. The molecular weight excluding hydrogens is 390 g/mol. The van der Waals surface area contributed by atoms with Crippen molar-refractivity contribution in [2.45, 2.75) is 15.1 Å². The number of alkyl halides is 2. The minimum Gasteiger partial charge on any atom is -0.284 e. The summed E-state index contributed by atoms with van der Waals surface area (Å²) < 4.78 is -0.961. The van der Waals surface area contributed by atoms with E-state index in [2.05, 4.69) is 36.8 Å². The van der Waals surface area contributed by atoms with Crippen LogP contribution in [0.5, 0.6) is 0 Å². The lowest BCUT2D eigenvalue weighted by Crippen LogP contribution is -2.20. The molecule has 0 N–H and O–H groups in total. The van der Waals surface area contributed by atoms with Crippen molar-refractivity contribution in [3.05, 3.63) is 59.9 Å². The molecule has 0 aliphatic heterocycles.